The first-order valence-corrected chi connectivity index (χ1v) is 4.00. The summed E-state index contributed by atoms with van der Waals surface area (Å²) in [5.74, 6) is -0.134. The number of aliphatic hydroxyl groups excluding tert-OH is 1. The molecule has 70 valence electrons. The highest BCUT2D eigenvalue weighted by atomic mass is 16.5. The van der Waals surface area contributed by atoms with Gasteiger partial charge in [-0.3, -0.25) is 4.79 Å². The molecule has 0 radical (unpaired) electrons. The molecule has 0 spiro atoms. The molecule has 5 nitrogen and oxygen atoms in total. The van der Waals surface area contributed by atoms with Crippen LogP contribution in [0, 0.1) is 0 Å². The Bertz CT molecular complexity index is 163. The highest BCUT2D eigenvalue weighted by molar-refractivity contribution is 5.81. The van der Waals surface area contributed by atoms with Gasteiger partial charge in [0.2, 0.25) is 5.91 Å². The van der Waals surface area contributed by atoms with E-state index in [9.17, 15) is 4.79 Å². The van der Waals surface area contributed by atoms with Gasteiger partial charge in [0, 0.05) is 12.6 Å². The fourth-order valence-electron chi connectivity index (χ4n) is 1.09. The average molecular weight is 174 g/mol. The van der Waals surface area contributed by atoms with Crippen molar-refractivity contribution in [2.24, 2.45) is 5.73 Å². The lowest BCUT2D eigenvalue weighted by atomic mass is 10.1. The molecule has 1 aliphatic rings. The van der Waals surface area contributed by atoms with E-state index in [0.717, 1.165) is 0 Å². The first-order chi connectivity index (χ1) is 5.74. The number of carbonyl (C=O) groups excluding carboxylic acids is 1. The number of ether oxygens (including phenoxy) is 1. The number of nitrogens with one attached hydrogen (secondary N) is 1. The summed E-state index contributed by atoms with van der Waals surface area (Å²) in [5.41, 5.74) is 5.46. The van der Waals surface area contributed by atoms with Gasteiger partial charge in [0.25, 0.3) is 0 Å². The van der Waals surface area contributed by atoms with E-state index >= 15 is 0 Å². The zero-order chi connectivity index (χ0) is 8.97. The molecule has 1 amide bonds. The van der Waals surface area contributed by atoms with Gasteiger partial charge in [0.15, 0.2) is 0 Å². The third-order valence-corrected chi connectivity index (χ3v) is 1.76. The lowest BCUT2D eigenvalue weighted by Crippen LogP contribution is -2.47. The predicted molar refractivity (Wildman–Crippen MR) is 42.4 cm³/mol. The summed E-state index contributed by atoms with van der Waals surface area (Å²) in [6.45, 7) is 0.964. The molecular weight excluding hydrogens is 160 g/mol. The Hall–Kier alpha value is -0.650. The molecule has 12 heavy (non-hydrogen) atoms. The smallest absolute Gasteiger partial charge is 0.249 e. The molecule has 0 aromatic carbocycles. The van der Waals surface area contributed by atoms with Crippen LogP contribution >= 0.6 is 0 Å². The van der Waals surface area contributed by atoms with Crippen LogP contribution in [0.25, 0.3) is 0 Å². The van der Waals surface area contributed by atoms with Crippen LogP contribution in [0.15, 0.2) is 0 Å². The van der Waals surface area contributed by atoms with Crippen LogP contribution in [0.2, 0.25) is 0 Å². The fourth-order valence-corrected chi connectivity index (χ4v) is 1.09. The lowest BCUT2D eigenvalue weighted by Gasteiger charge is -2.24. The first-order valence-electron chi connectivity index (χ1n) is 4.00. The van der Waals surface area contributed by atoms with Crippen molar-refractivity contribution in [2.45, 2.75) is 18.6 Å². The van der Waals surface area contributed by atoms with Crippen molar-refractivity contribution in [3.8, 4) is 0 Å². The Morgan fingerprint density at radius 2 is 2.58 bits per heavy atom. The van der Waals surface area contributed by atoms with Gasteiger partial charge in [-0.05, 0) is 6.42 Å². The number of nitrogens with two attached hydrogens (primary N) is 1. The van der Waals surface area contributed by atoms with Gasteiger partial charge in [-0.25, -0.2) is 0 Å². The maximum Gasteiger partial charge on any atom is 0.249 e. The summed E-state index contributed by atoms with van der Waals surface area (Å²) < 4.78 is 5.16. The highest BCUT2D eigenvalue weighted by Gasteiger charge is 2.24. The number of hydrogen-bond acceptors (Lipinski definition) is 4. The number of rotatable bonds is 3. The van der Waals surface area contributed by atoms with Crippen molar-refractivity contribution in [3.05, 3.63) is 0 Å². The van der Waals surface area contributed by atoms with Crippen molar-refractivity contribution in [1.29, 1.82) is 0 Å². The average Bonchev–Trinajstić information content (AvgIpc) is 2.09. The molecule has 5 heteroatoms. The van der Waals surface area contributed by atoms with Crippen LogP contribution in [0.1, 0.15) is 6.42 Å². The Kier molecular flexibility index (Phi) is 3.46. The maximum atomic E-state index is 11.1. The number of carbonyl (C=O) groups is 1. The second kappa shape index (κ2) is 4.39. The van der Waals surface area contributed by atoms with E-state index in [4.69, 9.17) is 15.6 Å². The molecule has 4 N–H and O–H groups in total. The first kappa shape index (κ1) is 9.44. The highest BCUT2D eigenvalue weighted by Crippen LogP contribution is 2.04. The van der Waals surface area contributed by atoms with E-state index < -0.39 is 6.10 Å². The standard InChI is InChI=1S/C7H14N2O3/c8-5(4-10)3-6-7(11)9-1-2-12-6/h5-6,10H,1-4,8H2,(H,9,11)/t5-,6-/m0/s1. The summed E-state index contributed by atoms with van der Waals surface area (Å²) in [6, 6.07) is -0.376. The Labute approximate surface area is 70.9 Å². The van der Waals surface area contributed by atoms with Crippen molar-refractivity contribution in [1.82, 2.24) is 5.32 Å². The molecule has 0 aromatic heterocycles. The molecule has 2 atom stereocenters. The van der Waals surface area contributed by atoms with Crippen LogP contribution in [0.5, 0.6) is 0 Å². The number of morpholine rings is 1. The van der Waals surface area contributed by atoms with E-state index in [-0.39, 0.29) is 18.6 Å². The van der Waals surface area contributed by atoms with Gasteiger partial charge in [-0.2, -0.15) is 0 Å². The van der Waals surface area contributed by atoms with Crippen molar-refractivity contribution >= 4 is 5.91 Å². The molecule has 1 heterocycles. The molecule has 0 bridgehead atoms. The minimum atomic E-state index is -0.485. The lowest BCUT2D eigenvalue weighted by molar-refractivity contribution is -0.138. The number of hydrogen-bond donors (Lipinski definition) is 3. The zero-order valence-corrected chi connectivity index (χ0v) is 6.82. The van der Waals surface area contributed by atoms with Gasteiger partial charge in [-0.1, -0.05) is 0 Å². The normalized spacial score (nSPS) is 26.5. The molecule has 1 fully saturated rings. The summed E-state index contributed by atoms with van der Waals surface area (Å²) in [7, 11) is 0. The van der Waals surface area contributed by atoms with E-state index in [0.29, 0.717) is 19.6 Å². The summed E-state index contributed by atoms with van der Waals surface area (Å²) in [6.07, 6.45) is -0.108. The van der Waals surface area contributed by atoms with Crippen molar-refractivity contribution in [3.63, 3.8) is 0 Å². The van der Waals surface area contributed by atoms with Crippen LogP contribution in [0.3, 0.4) is 0 Å². The molecule has 0 aliphatic carbocycles. The van der Waals surface area contributed by atoms with Gasteiger partial charge >= 0.3 is 0 Å². The topological polar surface area (TPSA) is 84.6 Å². The molecule has 0 saturated carbocycles. The predicted octanol–water partition coefficient (Wildman–Crippen LogP) is -1.79. The van der Waals surface area contributed by atoms with Gasteiger partial charge in [-0.15, -0.1) is 0 Å². The maximum absolute atomic E-state index is 11.1. The Morgan fingerprint density at radius 1 is 1.83 bits per heavy atom. The monoisotopic (exact) mass is 174 g/mol. The second-order valence-electron chi connectivity index (χ2n) is 2.83. The molecule has 1 saturated heterocycles. The van der Waals surface area contributed by atoms with Crippen LogP contribution in [-0.4, -0.2) is 42.9 Å². The SMILES string of the molecule is N[C@H](CO)C[C@@H]1OCCNC1=O. The third-order valence-electron chi connectivity index (χ3n) is 1.76. The van der Waals surface area contributed by atoms with Gasteiger partial charge < -0.3 is 20.9 Å². The molecule has 0 unspecified atom stereocenters. The zero-order valence-electron chi connectivity index (χ0n) is 6.82. The van der Waals surface area contributed by atoms with Crippen LogP contribution < -0.4 is 11.1 Å². The van der Waals surface area contributed by atoms with E-state index in [1.807, 2.05) is 0 Å². The van der Waals surface area contributed by atoms with Crippen molar-refractivity contribution < 1.29 is 14.6 Å². The molecule has 0 aromatic rings. The van der Waals surface area contributed by atoms with E-state index in [2.05, 4.69) is 5.32 Å². The minimum Gasteiger partial charge on any atom is -0.395 e. The number of amides is 1. The third kappa shape index (κ3) is 2.44. The van der Waals surface area contributed by atoms with E-state index in [1.54, 1.807) is 0 Å². The van der Waals surface area contributed by atoms with E-state index in [1.165, 1.54) is 0 Å². The van der Waals surface area contributed by atoms with Gasteiger partial charge in [0.1, 0.15) is 6.10 Å². The van der Waals surface area contributed by atoms with Crippen LogP contribution in [-0.2, 0) is 9.53 Å². The quantitative estimate of drug-likeness (QED) is 0.472. The second-order valence-corrected chi connectivity index (χ2v) is 2.83. The Balaban J connectivity index is 2.34. The summed E-state index contributed by atoms with van der Waals surface area (Å²) in [5, 5.41) is 11.3. The number of aliphatic hydroxyl groups is 1. The largest absolute Gasteiger partial charge is 0.395 e. The van der Waals surface area contributed by atoms with Crippen LogP contribution in [0.4, 0.5) is 0 Å². The van der Waals surface area contributed by atoms with Gasteiger partial charge in [0.05, 0.1) is 13.2 Å². The fraction of sp³-hybridized carbons (Fsp3) is 0.857. The minimum absolute atomic E-state index is 0.118. The molecular formula is C7H14N2O3. The summed E-state index contributed by atoms with van der Waals surface area (Å²) >= 11 is 0. The Morgan fingerprint density at radius 3 is 3.17 bits per heavy atom. The molecule has 1 aliphatic heterocycles. The summed E-state index contributed by atoms with van der Waals surface area (Å²) in [4.78, 5) is 11.1. The molecule has 1 rings (SSSR count). The van der Waals surface area contributed by atoms with Crippen molar-refractivity contribution in [2.75, 3.05) is 19.8 Å².